The van der Waals surface area contributed by atoms with Gasteiger partial charge in [-0.1, -0.05) is 0 Å². The van der Waals surface area contributed by atoms with Crippen LogP contribution < -0.4 is 11.1 Å². The topological polar surface area (TPSA) is 98.3 Å². The van der Waals surface area contributed by atoms with Crippen LogP contribution in [0.3, 0.4) is 0 Å². The van der Waals surface area contributed by atoms with Crippen molar-refractivity contribution in [3.05, 3.63) is 34.4 Å². The normalized spacial score (nSPS) is 11.8. The third-order valence-electron chi connectivity index (χ3n) is 1.89. The number of anilines is 1. The SMILES string of the molecule is C[C@H](Nc1ccc([N+](=O)[O-])cc1)C(N)=O. The average molecular weight is 209 g/mol. The number of nitrogens with two attached hydrogens (primary N) is 1. The molecule has 6 nitrogen and oxygen atoms in total. The molecule has 80 valence electrons. The molecule has 0 radical (unpaired) electrons. The lowest BCUT2D eigenvalue weighted by Gasteiger charge is -2.10. The molecule has 0 unspecified atom stereocenters. The van der Waals surface area contributed by atoms with Gasteiger partial charge in [0, 0.05) is 17.8 Å². The standard InChI is InChI=1S/C9H11N3O3/c1-6(9(10)13)11-7-2-4-8(5-3-7)12(14)15/h2-6,11H,1H3,(H2,10,13)/t6-/m0/s1. The van der Waals surface area contributed by atoms with Gasteiger partial charge in [0.15, 0.2) is 0 Å². The molecule has 6 heteroatoms. The molecule has 0 saturated heterocycles. The van der Waals surface area contributed by atoms with E-state index in [9.17, 15) is 14.9 Å². The number of primary amides is 1. The highest BCUT2D eigenvalue weighted by Gasteiger charge is 2.09. The third kappa shape index (κ3) is 2.94. The van der Waals surface area contributed by atoms with Crippen molar-refractivity contribution in [2.75, 3.05) is 5.32 Å². The Morgan fingerprint density at radius 1 is 1.47 bits per heavy atom. The fraction of sp³-hybridized carbons (Fsp3) is 0.222. The number of hydrogen-bond acceptors (Lipinski definition) is 4. The fourth-order valence-corrected chi connectivity index (χ4v) is 1.00. The summed E-state index contributed by atoms with van der Waals surface area (Å²) in [6.45, 7) is 1.61. The summed E-state index contributed by atoms with van der Waals surface area (Å²) >= 11 is 0. The predicted molar refractivity (Wildman–Crippen MR) is 55.4 cm³/mol. The van der Waals surface area contributed by atoms with Gasteiger partial charge >= 0.3 is 0 Å². The molecule has 0 fully saturated rings. The first-order valence-electron chi connectivity index (χ1n) is 4.31. The number of nitrogens with zero attached hydrogens (tertiary/aromatic N) is 1. The highest BCUT2D eigenvalue weighted by molar-refractivity contribution is 5.82. The van der Waals surface area contributed by atoms with Crippen LogP contribution in [0.15, 0.2) is 24.3 Å². The number of amides is 1. The lowest BCUT2D eigenvalue weighted by molar-refractivity contribution is -0.384. The molecule has 0 spiro atoms. The van der Waals surface area contributed by atoms with Crippen molar-refractivity contribution in [1.29, 1.82) is 0 Å². The van der Waals surface area contributed by atoms with Crippen molar-refractivity contribution in [2.24, 2.45) is 5.73 Å². The molecule has 0 aliphatic heterocycles. The minimum atomic E-state index is -0.508. The molecule has 0 heterocycles. The molecule has 0 aliphatic carbocycles. The number of benzene rings is 1. The Bertz CT molecular complexity index is 375. The number of hydrogen-bond donors (Lipinski definition) is 2. The molecule has 1 atom stereocenters. The van der Waals surface area contributed by atoms with Gasteiger partial charge in [0.2, 0.25) is 5.91 Å². The summed E-state index contributed by atoms with van der Waals surface area (Å²) in [4.78, 5) is 20.6. The van der Waals surface area contributed by atoms with Crippen molar-refractivity contribution in [3.63, 3.8) is 0 Å². The maximum atomic E-state index is 10.7. The lowest BCUT2D eigenvalue weighted by Crippen LogP contribution is -2.32. The minimum Gasteiger partial charge on any atom is -0.374 e. The Morgan fingerprint density at radius 2 is 2.00 bits per heavy atom. The Morgan fingerprint density at radius 3 is 2.40 bits per heavy atom. The minimum absolute atomic E-state index is 0.00674. The second-order valence-corrected chi connectivity index (χ2v) is 3.07. The summed E-state index contributed by atoms with van der Waals surface area (Å²) in [7, 11) is 0. The number of nitro groups is 1. The van der Waals surface area contributed by atoms with E-state index in [0.29, 0.717) is 5.69 Å². The van der Waals surface area contributed by atoms with Gasteiger partial charge in [0.1, 0.15) is 6.04 Å². The number of non-ortho nitro benzene ring substituents is 1. The Kier molecular flexibility index (Phi) is 3.22. The second-order valence-electron chi connectivity index (χ2n) is 3.07. The van der Waals surface area contributed by atoms with E-state index in [2.05, 4.69) is 5.32 Å². The fourth-order valence-electron chi connectivity index (χ4n) is 1.00. The third-order valence-corrected chi connectivity index (χ3v) is 1.89. The number of nitro benzene ring substituents is 1. The zero-order valence-corrected chi connectivity index (χ0v) is 8.14. The zero-order chi connectivity index (χ0) is 11.4. The van der Waals surface area contributed by atoms with E-state index < -0.39 is 16.9 Å². The van der Waals surface area contributed by atoms with Crippen molar-refractivity contribution in [2.45, 2.75) is 13.0 Å². The van der Waals surface area contributed by atoms with Crippen molar-refractivity contribution >= 4 is 17.3 Å². The number of rotatable bonds is 4. The van der Waals surface area contributed by atoms with Crippen molar-refractivity contribution < 1.29 is 9.72 Å². The van der Waals surface area contributed by atoms with Crippen LogP contribution in [0.4, 0.5) is 11.4 Å². The van der Waals surface area contributed by atoms with Crippen LogP contribution >= 0.6 is 0 Å². The van der Waals surface area contributed by atoms with E-state index >= 15 is 0 Å². The average Bonchev–Trinajstić information content (AvgIpc) is 2.18. The second kappa shape index (κ2) is 4.41. The van der Waals surface area contributed by atoms with Gasteiger partial charge in [0.25, 0.3) is 5.69 Å². The van der Waals surface area contributed by atoms with E-state index in [4.69, 9.17) is 5.73 Å². The Hall–Kier alpha value is -2.11. The quantitative estimate of drug-likeness (QED) is 0.568. The molecular formula is C9H11N3O3. The van der Waals surface area contributed by atoms with Crippen LogP contribution in [-0.4, -0.2) is 16.9 Å². The number of carbonyl (C=O) groups excluding carboxylic acids is 1. The zero-order valence-electron chi connectivity index (χ0n) is 8.14. The maximum Gasteiger partial charge on any atom is 0.269 e. The molecule has 0 saturated carbocycles. The molecule has 1 aromatic rings. The van der Waals surface area contributed by atoms with Gasteiger partial charge in [-0.25, -0.2) is 0 Å². The van der Waals surface area contributed by atoms with Gasteiger partial charge in [-0.15, -0.1) is 0 Å². The number of carbonyl (C=O) groups is 1. The molecule has 3 N–H and O–H groups in total. The van der Waals surface area contributed by atoms with E-state index in [0.717, 1.165) is 0 Å². The Balaban J connectivity index is 2.72. The first-order valence-corrected chi connectivity index (χ1v) is 4.31. The van der Waals surface area contributed by atoms with E-state index in [1.807, 2.05) is 0 Å². The summed E-state index contributed by atoms with van der Waals surface area (Å²) in [6.07, 6.45) is 0. The van der Waals surface area contributed by atoms with Crippen LogP contribution in [-0.2, 0) is 4.79 Å². The largest absolute Gasteiger partial charge is 0.374 e. The molecule has 1 amide bonds. The first kappa shape index (κ1) is 11.0. The van der Waals surface area contributed by atoms with Crippen LogP contribution in [0, 0.1) is 10.1 Å². The van der Waals surface area contributed by atoms with Crippen LogP contribution in [0.1, 0.15) is 6.92 Å². The van der Waals surface area contributed by atoms with Gasteiger partial charge < -0.3 is 11.1 Å². The summed E-state index contributed by atoms with van der Waals surface area (Å²) in [5.74, 6) is -0.478. The summed E-state index contributed by atoms with van der Waals surface area (Å²) < 4.78 is 0. The lowest BCUT2D eigenvalue weighted by atomic mass is 10.2. The smallest absolute Gasteiger partial charge is 0.269 e. The summed E-state index contributed by atoms with van der Waals surface area (Å²) in [6, 6.07) is 5.26. The molecule has 1 aromatic carbocycles. The van der Waals surface area contributed by atoms with Gasteiger partial charge in [-0.05, 0) is 19.1 Å². The van der Waals surface area contributed by atoms with Crippen LogP contribution in [0.2, 0.25) is 0 Å². The highest BCUT2D eigenvalue weighted by atomic mass is 16.6. The number of nitrogens with one attached hydrogen (secondary N) is 1. The van der Waals surface area contributed by atoms with Crippen molar-refractivity contribution in [3.8, 4) is 0 Å². The maximum absolute atomic E-state index is 10.7. The van der Waals surface area contributed by atoms with E-state index in [-0.39, 0.29) is 5.69 Å². The first-order chi connectivity index (χ1) is 7.00. The van der Waals surface area contributed by atoms with E-state index in [1.165, 1.54) is 24.3 Å². The summed E-state index contributed by atoms with van der Waals surface area (Å²) in [5, 5.41) is 13.2. The molecule has 15 heavy (non-hydrogen) atoms. The summed E-state index contributed by atoms with van der Waals surface area (Å²) in [5.41, 5.74) is 5.68. The van der Waals surface area contributed by atoms with Crippen LogP contribution in [0.5, 0.6) is 0 Å². The van der Waals surface area contributed by atoms with Gasteiger partial charge in [-0.2, -0.15) is 0 Å². The van der Waals surface area contributed by atoms with Crippen LogP contribution in [0.25, 0.3) is 0 Å². The van der Waals surface area contributed by atoms with Gasteiger partial charge in [-0.3, -0.25) is 14.9 Å². The van der Waals surface area contributed by atoms with Gasteiger partial charge in [0.05, 0.1) is 4.92 Å². The molecular weight excluding hydrogens is 198 g/mol. The molecule has 0 bridgehead atoms. The highest BCUT2D eigenvalue weighted by Crippen LogP contribution is 2.15. The van der Waals surface area contributed by atoms with E-state index in [1.54, 1.807) is 6.92 Å². The predicted octanol–water partition coefficient (Wildman–Crippen LogP) is 0.881. The monoisotopic (exact) mass is 209 g/mol. The molecule has 0 aromatic heterocycles. The Labute approximate surface area is 86.2 Å². The molecule has 0 aliphatic rings. The van der Waals surface area contributed by atoms with Crippen molar-refractivity contribution in [1.82, 2.24) is 0 Å². The molecule has 1 rings (SSSR count).